The molecule has 0 fully saturated rings. The van der Waals surface area contributed by atoms with Crippen LogP contribution in [0.1, 0.15) is 11.5 Å². The molecule has 0 radical (unpaired) electrons. The zero-order chi connectivity index (χ0) is 13.0. The molecule has 1 aliphatic rings. The smallest absolute Gasteiger partial charge is 0.286 e. The van der Waals surface area contributed by atoms with Gasteiger partial charge in [0.1, 0.15) is 11.6 Å². The van der Waals surface area contributed by atoms with Gasteiger partial charge in [0, 0.05) is 17.5 Å². The van der Waals surface area contributed by atoms with Gasteiger partial charge in [0.15, 0.2) is 0 Å². The number of hydrogen-bond acceptors (Lipinski definition) is 1. The van der Waals surface area contributed by atoms with E-state index in [1.165, 1.54) is 0 Å². The highest BCUT2D eigenvalue weighted by Gasteiger charge is 2.64. The fourth-order valence-corrected chi connectivity index (χ4v) is 2.80. The van der Waals surface area contributed by atoms with E-state index < -0.39 is 34.3 Å². The maximum atomic E-state index is 12.7. The lowest BCUT2D eigenvalue weighted by molar-refractivity contribution is 0.316. The summed E-state index contributed by atoms with van der Waals surface area (Å²) in [5.41, 5.74) is -0.0281. The van der Waals surface area contributed by atoms with E-state index in [0.717, 1.165) is 18.2 Å². The van der Waals surface area contributed by atoms with Crippen LogP contribution in [0.15, 0.2) is 18.2 Å². The largest absolute Gasteiger partial charge is 0.493 e. The van der Waals surface area contributed by atoms with E-state index in [0.29, 0.717) is 0 Å². The lowest BCUT2D eigenvalue weighted by Gasteiger charge is -2.41. The van der Waals surface area contributed by atoms with E-state index in [1.54, 1.807) is 0 Å². The first-order valence-electron chi connectivity index (χ1n) is 4.59. The maximum Gasteiger partial charge on any atom is 0.286 e. The first-order chi connectivity index (χ1) is 7.43. The second kappa shape index (κ2) is 2.85. The molecule has 0 spiro atoms. The second-order valence-electron chi connectivity index (χ2n) is 3.99. The molecular weight excluding hydrogens is 270 g/mol. The SMILES string of the molecule is Fc1ccc2c(c1)OCC2CS(F)(F)(F)(F)F. The van der Waals surface area contributed by atoms with Gasteiger partial charge < -0.3 is 4.74 Å². The third kappa shape index (κ3) is 3.21. The fourth-order valence-electron chi connectivity index (χ4n) is 1.77. The third-order valence-corrected chi connectivity index (χ3v) is 3.40. The van der Waals surface area contributed by atoms with Gasteiger partial charge in [-0.3, -0.25) is 0 Å². The molecule has 8 heteroatoms. The van der Waals surface area contributed by atoms with Crippen LogP contribution in [0.3, 0.4) is 0 Å². The molecule has 0 bridgehead atoms. The first kappa shape index (κ1) is 12.4. The van der Waals surface area contributed by atoms with Crippen molar-refractivity contribution in [3.8, 4) is 5.75 Å². The Bertz CT molecular complexity index is 467. The zero-order valence-corrected chi connectivity index (χ0v) is 9.12. The van der Waals surface area contributed by atoms with Crippen LogP contribution in [0.2, 0.25) is 0 Å². The highest BCUT2D eigenvalue weighted by molar-refractivity contribution is 8.45. The maximum absolute atomic E-state index is 12.7. The molecule has 0 N–H and O–H groups in total. The molecule has 0 aliphatic carbocycles. The molecule has 1 heterocycles. The average molecular weight is 278 g/mol. The standard InChI is InChI=1S/C9H8F6OS/c10-7-1-2-8-6(4-16-9(8)3-7)5-17(11,12,13,14)15/h1-3,6H,4-5H2. The molecule has 0 saturated carbocycles. The molecular formula is C9H8F6OS. The lowest BCUT2D eigenvalue weighted by Crippen LogP contribution is -2.19. The summed E-state index contributed by atoms with van der Waals surface area (Å²) in [5.74, 6) is -4.46. The van der Waals surface area contributed by atoms with Gasteiger partial charge in [-0.2, -0.15) is 0 Å². The molecule has 1 aliphatic heterocycles. The molecule has 2 rings (SSSR count). The number of hydrogen-bond donors (Lipinski definition) is 0. The normalized spacial score (nSPS) is 23.5. The van der Waals surface area contributed by atoms with Crippen molar-refractivity contribution in [3.63, 3.8) is 0 Å². The molecule has 1 nitrogen and oxygen atoms in total. The predicted octanol–water partition coefficient (Wildman–Crippen LogP) is 4.60. The van der Waals surface area contributed by atoms with Crippen LogP contribution in [0, 0.1) is 5.82 Å². The fraction of sp³-hybridized carbons (Fsp3) is 0.333. The molecule has 1 aromatic rings. The van der Waals surface area contributed by atoms with E-state index in [9.17, 15) is 23.8 Å². The zero-order valence-electron chi connectivity index (χ0n) is 8.31. The van der Waals surface area contributed by atoms with Gasteiger partial charge in [-0.05, 0) is 6.07 Å². The number of rotatable bonds is 2. The van der Waals surface area contributed by atoms with Crippen LogP contribution < -0.4 is 4.74 Å². The number of fused-ring (bicyclic) bond motifs is 1. The van der Waals surface area contributed by atoms with Crippen LogP contribution >= 0.6 is 10.2 Å². The molecule has 1 atom stereocenters. The summed E-state index contributed by atoms with van der Waals surface area (Å²) in [7, 11) is -9.48. The van der Waals surface area contributed by atoms with E-state index in [-0.39, 0.29) is 11.3 Å². The van der Waals surface area contributed by atoms with Crippen LogP contribution in [0.25, 0.3) is 0 Å². The molecule has 17 heavy (non-hydrogen) atoms. The summed E-state index contributed by atoms with van der Waals surface area (Å²) in [5, 5.41) is 0. The molecule has 1 unspecified atom stereocenters. The number of benzene rings is 1. The van der Waals surface area contributed by atoms with Crippen molar-refractivity contribution in [1.29, 1.82) is 0 Å². The molecule has 0 aromatic heterocycles. The van der Waals surface area contributed by atoms with Crippen molar-refractivity contribution < 1.29 is 28.6 Å². The highest BCUT2D eigenvalue weighted by atomic mass is 32.5. The van der Waals surface area contributed by atoms with E-state index in [4.69, 9.17) is 4.74 Å². The van der Waals surface area contributed by atoms with Gasteiger partial charge in [0.05, 0.1) is 12.4 Å². The molecule has 0 amide bonds. The highest BCUT2D eigenvalue weighted by Crippen LogP contribution is 2.98. The van der Waals surface area contributed by atoms with Gasteiger partial charge in [-0.1, -0.05) is 25.5 Å². The van der Waals surface area contributed by atoms with Gasteiger partial charge in [-0.15, -0.1) is 0 Å². The van der Waals surface area contributed by atoms with Crippen LogP contribution in [0.5, 0.6) is 5.75 Å². The minimum absolute atomic E-state index is 0.0281. The third-order valence-electron chi connectivity index (χ3n) is 2.37. The van der Waals surface area contributed by atoms with Crippen molar-refractivity contribution in [1.82, 2.24) is 0 Å². The summed E-state index contributed by atoms with van der Waals surface area (Å²) >= 11 is 0. The Kier molecular flexibility index (Phi) is 2.08. The van der Waals surface area contributed by atoms with E-state index in [1.807, 2.05) is 0 Å². The van der Waals surface area contributed by atoms with Crippen LogP contribution in [-0.2, 0) is 0 Å². The van der Waals surface area contributed by atoms with Crippen molar-refractivity contribution in [2.45, 2.75) is 5.92 Å². The van der Waals surface area contributed by atoms with Gasteiger partial charge in [0.2, 0.25) is 0 Å². The monoisotopic (exact) mass is 278 g/mol. The van der Waals surface area contributed by atoms with Crippen LogP contribution in [-0.4, -0.2) is 12.4 Å². The topological polar surface area (TPSA) is 9.23 Å². The second-order valence-corrected chi connectivity index (χ2v) is 6.58. The van der Waals surface area contributed by atoms with Crippen molar-refractivity contribution in [2.24, 2.45) is 0 Å². The minimum Gasteiger partial charge on any atom is -0.493 e. The Hall–Kier alpha value is -1.05. The van der Waals surface area contributed by atoms with Gasteiger partial charge >= 0.3 is 0 Å². The first-order valence-corrected chi connectivity index (χ1v) is 6.71. The van der Waals surface area contributed by atoms with E-state index >= 15 is 0 Å². The van der Waals surface area contributed by atoms with Gasteiger partial charge in [0.25, 0.3) is 10.2 Å². The lowest BCUT2D eigenvalue weighted by atomic mass is 10.0. The van der Waals surface area contributed by atoms with Crippen molar-refractivity contribution in [3.05, 3.63) is 29.6 Å². The Morgan fingerprint density at radius 1 is 1.18 bits per heavy atom. The Morgan fingerprint density at radius 2 is 1.82 bits per heavy atom. The summed E-state index contributed by atoms with van der Waals surface area (Å²) < 4.78 is 79.1. The Labute approximate surface area is 93.1 Å². The van der Waals surface area contributed by atoms with E-state index in [2.05, 4.69) is 0 Å². The Balaban J connectivity index is 2.31. The number of halogens is 6. The van der Waals surface area contributed by atoms with Crippen molar-refractivity contribution in [2.75, 3.05) is 12.4 Å². The quantitative estimate of drug-likeness (QED) is 0.718. The summed E-state index contributed by atoms with van der Waals surface area (Å²) in [6.45, 7) is -0.510. The average Bonchev–Trinajstić information content (AvgIpc) is 2.42. The molecule has 98 valence electrons. The molecule has 0 saturated heterocycles. The molecule has 1 aromatic carbocycles. The van der Waals surface area contributed by atoms with Crippen molar-refractivity contribution >= 4 is 10.2 Å². The summed E-state index contributed by atoms with van der Waals surface area (Å²) in [4.78, 5) is 0. The van der Waals surface area contributed by atoms with Crippen LogP contribution in [0.4, 0.5) is 23.8 Å². The minimum atomic E-state index is -9.48. The predicted molar refractivity (Wildman–Crippen MR) is 52.6 cm³/mol. The Morgan fingerprint density at radius 3 is 2.41 bits per heavy atom. The summed E-state index contributed by atoms with van der Waals surface area (Å²) in [6, 6.07) is 2.86. The summed E-state index contributed by atoms with van der Waals surface area (Å²) in [6.07, 6.45) is 0. The van der Waals surface area contributed by atoms with Gasteiger partial charge in [-0.25, -0.2) is 4.39 Å². The number of ether oxygens (including phenoxy) is 1.